The lowest BCUT2D eigenvalue weighted by molar-refractivity contribution is -0.115. The Morgan fingerprint density at radius 2 is 2.24 bits per heavy atom. The van der Waals surface area contributed by atoms with E-state index in [1.807, 2.05) is 29.6 Å². The number of aliphatic imine (C=N–C) groups is 1. The number of amidine groups is 1. The van der Waals surface area contributed by atoms with Crippen LogP contribution in [0.1, 0.15) is 5.56 Å². The van der Waals surface area contributed by atoms with Crippen LogP contribution in [0.5, 0.6) is 5.75 Å². The zero-order valence-corrected chi connectivity index (χ0v) is 12.7. The standard InChI is InChI=1S/C14H11N3O2S2/c1-19-10-5-3-2-4-9(10)8-11-12(18)16-14(21-11)17-13-15-6-7-20-13/h2-8H,1H3,(H,15,16,17,18)/b11-8-. The van der Waals surface area contributed by atoms with Gasteiger partial charge in [0.15, 0.2) is 5.17 Å². The Balaban J connectivity index is 1.87. The summed E-state index contributed by atoms with van der Waals surface area (Å²) in [6.45, 7) is 0. The Labute approximate surface area is 129 Å². The summed E-state index contributed by atoms with van der Waals surface area (Å²) in [4.78, 5) is 20.9. The second-order valence-electron chi connectivity index (χ2n) is 4.04. The van der Waals surface area contributed by atoms with Crippen molar-refractivity contribution in [2.75, 3.05) is 7.11 Å². The van der Waals surface area contributed by atoms with E-state index in [9.17, 15) is 4.79 Å². The number of aromatic nitrogens is 1. The van der Waals surface area contributed by atoms with Crippen LogP contribution in [0.25, 0.3) is 6.08 Å². The van der Waals surface area contributed by atoms with E-state index in [1.165, 1.54) is 23.1 Å². The first-order chi connectivity index (χ1) is 10.3. The number of thioether (sulfide) groups is 1. The minimum Gasteiger partial charge on any atom is -0.496 e. The van der Waals surface area contributed by atoms with Crippen molar-refractivity contribution in [2.24, 2.45) is 4.99 Å². The number of hydrogen-bond acceptors (Lipinski definition) is 6. The van der Waals surface area contributed by atoms with Crippen molar-refractivity contribution < 1.29 is 9.53 Å². The van der Waals surface area contributed by atoms with Crippen LogP contribution in [-0.2, 0) is 4.79 Å². The van der Waals surface area contributed by atoms with E-state index in [0.717, 1.165) is 11.3 Å². The van der Waals surface area contributed by atoms with E-state index < -0.39 is 0 Å². The maximum atomic E-state index is 12.0. The van der Waals surface area contributed by atoms with Crippen molar-refractivity contribution >= 4 is 45.4 Å². The second-order valence-corrected chi connectivity index (χ2v) is 5.94. The van der Waals surface area contributed by atoms with Gasteiger partial charge < -0.3 is 10.1 Å². The molecule has 1 amide bonds. The highest BCUT2D eigenvalue weighted by atomic mass is 32.2. The zero-order valence-electron chi connectivity index (χ0n) is 11.1. The van der Waals surface area contributed by atoms with E-state index in [0.29, 0.717) is 15.2 Å². The minimum absolute atomic E-state index is 0.166. The van der Waals surface area contributed by atoms with Crippen LogP contribution in [0.4, 0.5) is 5.13 Å². The highest BCUT2D eigenvalue weighted by Crippen LogP contribution is 2.30. The van der Waals surface area contributed by atoms with Gasteiger partial charge in [-0.3, -0.25) is 4.79 Å². The molecule has 0 aliphatic carbocycles. The number of rotatable bonds is 3. The number of para-hydroxylation sites is 1. The predicted octanol–water partition coefficient (Wildman–Crippen LogP) is 3.04. The van der Waals surface area contributed by atoms with E-state index in [-0.39, 0.29) is 5.91 Å². The maximum Gasteiger partial charge on any atom is 0.264 e. The third-order valence-electron chi connectivity index (χ3n) is 2.69. The molecule has 0 bridgehead atoms. The summed E-state index contributed by atoms with van der Waals surface area (Å²) >= 11 is 2.71. The Morgan fingerprint density at radius 3 is 3.00 bits per heavy atom. The van der Waals surface area contributed by atoms with E-state index in [2.05, 4.69) is 15.3 Å². The Morgan fingerprint density at radius 1 is 1.38 bits per heavy atom. The minimum atomic E-state index is -0.166. The summed E-state index contributed by atoms with van der Waals surface area (Å²) in [5.41, 5.74) is 0.855. The lowest BCUT2D eigenvalue weighted by Crippen LogP contribution is -2.19. The molecular formula is C14H11N3O2S2. The number of nitrogens with one attached hydrogen (secondary N) is 1. The summed E-state index contributed by atoms with van der Waals surface area (Å²) in [7, 11) is 1.61. The van der Waals surface area contributed by atoms with Crippen LogP contribution >= 0.6 is 23.1 Å². The molecule has 21 heavy (non-hydrogen) atoms. The van der Waals surface area contributed by atoms with Gasteiger partial charge in [0.25, 0.3) is 5.91 Å². The van der Waals surface area contributed by atoms with E-state index in [1.54, 1.807) is 19.4 Å². The molecule has 3 rings (SSSR count). The molecule has 2 aromatic rings. The molecular weight excluding hydrogens is 306 g/mol. The number of ether oxygens (including phenoxy) is 1. The van der Waals surface area contributed by atoms with Crippen LogP contribution in [-0.4, -0.2) is 23.2 Å². The van der Waals surface area contributed by atoms with Gasteiger partial charge in [0.05, 0.1) is 12.0 Å². The largest absolute Gasteiger partial charge is 0.496 e. The molecule has 1 aliphatic heterocycles. The van der Waals surface area contributed by atoms with Gasteiger partial charge in [-0.05, 0) is 23.9 Å². The number of benzene rings is 1. The molecule has 1 aromatic carbocycles. The van der Waals surface area contributed by atoms with Crippen molar-refractivity contribution in [3.05, 3.63) is 46.3 Å². The van der Waals surface area contributed by atoms with Gasteiger partial charge in [-0.25, -0.2) is 4.98 Å². The molecule has 0 spiro atoms. The van der Waals surface area contributed by atoms with Gasteiger partial charge in [-0.2, -0.15) is 4.99 Å². The first-order valence-electron chi connectivity index (χ1n) is 6.08. The van der Waals surface area contributed by atoms with E-state index in [4.69, 9.17) is 4.74 Å². The summed E-state index contributed by atoms with van der Waals surface area (Å²) in [5.74, 6) is 0.560. The SMILES string of the molecule is COc1ccccc1/C=C1\SC(=Nc2nccs2)NC1=O. The van der Waals surface area contributed by atoms with Gasteiger partial charge in [0, 0.05) is 17.1 Å². The number of amides is 1. The van der Waals surface area contributed by atoms with Gasteiger partial charge in [0.2, 0.25) is 5.13 Å². The zero-order chi connectivity index (χ0) is 14.7. The fourth-order valence-corrected chi connectivity index (χ4v) is 3.15. The van der Waals surface area contributed by atoms with Crippen LogP contribution in [0, 0.1) is 0 Å². The highest BCUT2D eigenvalue weighted by Gasteiger charge is 2.24. The Bertz CT molecular complexity index is 724. The summed E-state index contributed by atoms with van der Waals surface area (Å²) < 4.78 is 5.28. The molecule has 0 atom stereocenters. The predicted molar refractivity (Wildman–Crippen MR) is 85.9 cm³/mol. The Kier molecular flexibility index (Phi) is 4.03. The fraction of sp³-hybridized carbons (Fsp3) is 0.0714. The number of carbonyl (C=O) groups is 1. The topological polar surface area (TPSA) is 63.6 Å². The average molecular weight is 317 g/mol. The van der Waals surface area contributed by atoms with Crippen molar-refractivity contribution in [2.45, 2.75) is 0 Å². The summed E-state index contributed by atoms with van der Waals surface area (Å²) in [5, 5.41) is 5.73. The first-order valence-corrected chi connectivity index (χ1v) is 7.78. The normalized spacial score (nSPS) is 18.2. The number of methoxy groups -OCH3 is 1. The lowest BCUT2D eigenvalue weighted by atomic mass is 10.2. The smallest absolute Gasteiger partial charge is 0.264 e. The molecule has 1 N–H and O–H groups in total. The van der Waals surface area contributed by atoms with Crippen molar-refractivity contribution in [3.8, 4) is 5.75 Å². The van der Waals surface area contributed by atoms with Crippen molar-refractivity contribution in [3.63, 3.8) is 0 Å². The lowest BCUT2D eigenvalue weighted by Gasteiger charge is -2.03. The first kappa shape index (κ1) is 13.8. The molecule has 2 heterocycles. The van der Waals surface area contributed by atoms with Crippen molar-refractivity contribution in [1.29, 1.82) is 0 Å². The molecule has 5 nitrogen and oxygen atoms in total. The molecule has 1 fully saturated rings. The number of hydrogen-bond donors (Lipinski definition) is 1. The molecule has 0 unspecified atom stereocenters. The van der Waals surface area contributed by atoms with Gasteiger partial charge >= 0.3 is 0 Å². The van der Waals surface area contributed by atoms with Crippen LogP contribution in [0.15, 0.2) is 45.7 Å². The molecule has 106 valence electrons. The summed E-state index contributed by atoms with van der Waals surface area (Å²) in [6.07, 6.45) is 3.47. The third-order valence-corrected chi connectivity index (χ3v) is 4.27. The summed E-state index contributed by atoms with van der Waals surface area (Å²) in [6, 6.07) is 7.54. The Hall–Kier alpha value is -2.12. The molecule has 1 aromatic heterocycles. The van der Waals surface area contributed by atoms with Crippen LogP contribution in [0.3, 0.4) is 0 Å². The van der Waals surface area contributed by atoms with Gasteiger partial charge in [-0.1, -0.05) is 18.2 Å². The average Bonchev–Trinajstić information content (AvgIpc) is 3.11. The quantitative estimate of drug-likeness (QED) is 0.884. The fourth-order valence-electron chi connectivity index (χ4n) is 1.77. The maximum absolute atomic E-state index is 12.0. The molecule has 1 saturated heterocycles. The second kappa shape index (κ2) is 6.11. The molecule has 7 heteroatoms. The third kappa shape index (κ3) is 3.14. The van der Waals surface area contributed by atoms with Crippen LogP contribution in [0.2, 0.25) is 0 Å². The molecule has 0 saturated carbocycles. The molecule has 0 radical (unpaired) electrons. The number of carbonyl (C=O) groups excluding carboxylic acids is 1. The number of nitrogens with zero attached hydrogens (tertiary/aromatic N) is 2. The van der Waals surface area contributed by atoms with Gasteiger partial charge in [-0.15, -0.1) is 11.3 Å². The van der Waals surface area contributed by atoms with Gasteiger partial charge in [0.1, 0.15) is 5.75 Å². The highest BCUT2D eigenvalue weighted by molar-refractivity contribution is 8.18. The molecule has 1 aliphatic rings. The number of thiazole rings is 1. The van der Waals surface area contributed by atoms with Crippen molar-refractivity contribution in [1.82, 2.24) is 10.3 Å². The monoisotopic (exact) mass is 317 g/mol. The van der Waals surface area contributed by atoms with Crippen LogP contribution < -0.4 is 10.1 Å². The van der Waals surface area contributed by atoms with E-state index >= 15 is 0 Å².